The summed E-state index contributed by atoms with van der Waals surface area (Å²) in [6, 6.07) is 12.8. The van der Waals surface area contributed by atoms with E-state index in [1.807, 2.05) is 0 Å². The molecule has 3 fully saturated rings. The van der Waals surface area contributed by atoms with Gasteiger partial charge < -0.3 is 5.11 Å². The number of hydrogen-bond acceptors (Lipinski definition) is 6. The highest BCUT2D eigenvalue weighted by atomic mass is 79.9. The Kier molecular flexibility index (Phi) is 25.8. The van der Waals surface area contributed by atoms with Gasteiger partial charge in [0, 0.05) is 63.3 Å². The van der Waals surface area contributed by atoms with Gasteiger partial charge in [0.05, 0.1) is 6.10 Å². The zero-order chi connectivity index (χ0) is 42.3. The lowest BCUT2D eigenvalue weighted by Gasteiger charge is -2.11. The number of aromatic nitrogens is 3. The number of aliphatic hydroxyl groups excluding tert-OH is 1. The molecule has 1 N–H and O–H groups in total. The molecule has 6 rings (SSSR count). The quantitative estimate of drug-likeness (QED) is 0.144. The largest absolute Gasteiger partial charge is 0.389 e. The molecule has 0 spiro atoms. The summed E-state index contributed by atoms with van der Waals surface area (Å²) in [6.45, 7) is 16.3. The second kappa shape index (κ2) is 29.3. The summed E-state index contributed by atoms with van der Waals surface area (Å²) in [5, 5.41) is 9.24. The average Bonchev–Trinajstić information content (AvgIpc) is 4.10. The van der Waals surface area contributed by atoms with Gasteiger partial charge in [-0.15, -0.1) is 6.58 Å². The number of halogens is 1. The lowest BCUT2D eigenvalue weighted by molar-refractivity contribution is -0.123. The fourth-order valence-corrected chi connectivity index (χ4v) is 8.88. The number of carbonyl (C=O) groups is 2. The number of ketones is 2. The molecule has 328 valence electrons. The van der Waals surface area contributed by atoms with Crippen LogP contribution in [-0.2, 0) is 61.0 Å². The maximum absolute atomic E-state index is 12.1. The van der Waals surface area contributed by atoms with Crippen molar-refractivity contribution < 1.29 is 14.7 Å². The van der Waals surface area contributed by atoms with Crippen LogP contribution in [0.5, 0.6) is 0 Å². The Morgan fingerprint density at radius 3 is 1.17 bits per heavy atom. The summed E-state index contributed by atoms with van der Waals surface area (Å²) >= 11 is 3.45. The second-order valence-corrected chi connectivity index (χ2v) is 17.4. The SMILES string of the molecule is C.C=CC(O)C1CCCC1.CCc1cc(Br)cc(CC)n1.CCc1cc(CCC(=O)C2CCCC2)cc(CC)n1.CCc1cc(CCC(=O)C2CCCC2)cc(CC)n1. The van der Waals surface area contributed by atoms with E-state index in [2.05, 4.69) is 115 Å². The molecule has 3 heterocycles. The zero-order valence-electron chi connectivity index (χ0n) is 37.1. The van der Waals surface area contributed by atoms with Gasteiger partial charge in [0.2, 0.25) is 0 Å². The van der Waals surface area contributed by atoms with Crippen molar-refractivity contribution >= 4 is 27.5 Å². The molecule has 0 bridgehead atoms. The summed E-state index contributed by atoms with van der Waals surface area (Å²) in [4.78, 5) is 37.8. The molecule has 59 heavy (non-hydrogen) atoms. The number of pyridine rings is 3. The molecular weight excluding hydrogens is 794 g/mol. The van der Waals surface area contributed by atoms with Crippen molar-refractivity contribution in [3.63, 3.8) is 0 Å². The average molecular weight is 875 g/mol. The molecule has 3 aromatic rings. The zero-order valence-corrected chi connectivity index (χ0v) is 38.7. The topological polar surface area (TPSA) is 93.0 Å². The van der Waals surface area contributed by atoms with Crippen LogP contribution in [0.2, 0.25) is 0 Å². The summed E-state index contributed by atoms with van der Waals surface area (Å²) in [5.41, 5.74) is 9.52. The molecule has 3 aromatic heterocycles. The fourth-order valence-electron chi connectivity index (χ4n) is 8.35. The van der Waals surface area contributed by atoms with Gasteiger partial charge in [0.15, 0.2) is 0 Å². The Hall–Kier alpha value is -3.03. The number of Topliss-reactive ketones (excluding diaryl/α,β-unsaturated/α-hetero) is 2. The van der Waals surface area contributed by atoms with Crippen molar-refractivity contribution in [2.75, 3.05) is 0 Å². The number of carbonyl (C=O) groups excluding carboxylic acids is 2. The van der Waals surface area contributed by atoms with Crippen LogP contribution in [0.4, 0.5) is 0 Å². The highest BCUT2D eigenvalue weighted by Gasteiger charge is 2.23. The first-order chi connectivity index (χ1) is 28.0. The van der Waals surface area contributed by atoms with Crippen molar-refractivity contribution in [2.45, 2.75) is 196 Å². The van der Waals surface area contributed by atoms with Gasteiger partial charge in [0.25, 0.3) is 0 Å². The molecule has 0 saturated heterocycles. The standard InChI is InChI=1S/2C17H25NO.C9H12BrN.C8H14O.CH4/c2*1-3-15-11-13(12-16(4-2)18-15)9-10-17(19)14-7-5-6-8-14;1-3-8-5-7(10)6-9(4-2)11-8;1-2-8(9)7-5-3-4-6-7;/h2*11-12,14H,3-10H2,1-2H3;5-6H,3-4H2,1-2H3;2,7-9H,1,3-6H2;1H4. The minimum atomic E-state index is -0.243. The normalized spacial score (nSPS) is 15.8. The summed E-state index contributed by atoms with van der Waals surface area (Å²) in [6.07, 6.45) is 24.9. The first-order valence-electron chi connectivity index (χ1n) is 23.0. The molecule has 3 aliphatic carbocycles. The van der Waals surface area contributed by atoms with E-state index in [0.29, 0.717) is 42.2 Å². The third-order valence-electron chi connectivity index (χ3n) is 12.1. The molecule has 1 atom stereocenters. The summed E-state index contributed by atoms with van der Waals surface area (Å²) in [7, 11) is 0. The first kappa shape index (κ1) is 52.1. The van der Waals surface area contributed by atoms with Gasteiger partial charge in [-0.05, 0) is 143 Å². The molecule has 0 amide bonds. The van der Waals surface area contributed by atoms with E-state index in [1.165, 1.54) is 62.5 Å². The third-order valence-corrected chi connectivity index (χ3v) is 12.6. The molecule has 3 aliphatic rings. The van der Waals surface area contributed by atoms with Crippen LogP contribution in [0, 0.1) is 17.8 Å². The van der Waals surface area contributed by atoms with Crippen molar-refractivity contribution in [3.05, 3.63) is 98.8 Å². The second-order valence-electron chi connectivity index (χ2n) is 16.5. The van der Waals surface area contributed by atoms with Crippen LogP contribution in [-0.4, -0.2) is 37.7 Å². The highest BCUT2D eigenvalue weighted by molar-refractivity contribution is 9.10. The van der Waals surface area contributed by atoms with Crippen molar-refractivity contribution in [1.82, 2.24) is 15.0 Å². The minimum absolute atomic E-state index is 0. The van der Waals surface area contributed by atoms with Gasteiger partial charge in [-0.1, -0.05) is 109 Å². The Morgan fingerprint density at radius 2 is 0.881 bits per heavy atom. The van der Waals surface area contributed by atoms with Crippen LogP contribution in [0.25, 0.3) is 0 Å². The van der Waals surface area contributed by atoms with Crippen LogP contribution in [0.1, 0.15) is 184 Å². The number of rotatable bonds is 16. The maximum atomic E-state index is 12.1. The number of aliphatic hydroxyl groups is 1. The summed E-state index contributed by atoms with van der Waals surface area (Å²) < 4.78 is 1.14. The van der Waals surface area contributed by atoms with Crippen molar-refractivity contribution in [2.24, 2.45) is 17.8 Å². The minimum Gasteiger partial charge on any atom is -0.389 e. The van der Waals surface area contributed by atoms with Crippen LogP contribution in [0.15, 0.2) is 53.5 Å². The Bertz CT molecular complexity index is 1520. The Balaban J connectivity index is 0.000000282. The lowest BCUT2D eigenvalue weighted by atomic mass is 9.96. The first-order valence-corrected chi connectivity index (χ1v) is 23.8. The van der Waals surface area contributed by atoms with E-state index >= 15 is 0 Å². The van der Waals surface area contributed by atoms with Gasteiger partial charge >= 0.3 is 0 Å². The van der Waals surface area contributed by atoms with Gasteiger partial charge in [0.1, 0.15) is 11.6 Å². The molecule has 0 radical (unpaired) electrons. The molecule has 0 aromatic carbocycles. The molecule has 3 saturated carbocycles. The van der Waals surface area contributed by atoms with Crippen LogP contribution in [0.3, 0.4) is 0 Å². The van der Waals surface area contributed by atoms with E-state index in [4.69, 9.17) is 0 Å². The van der Waals surface area contributed by atoms with E-state index < -0.39 is 0 Å². The third kappa shape index (κ3) is 19.1. The smallest absolute Gasteiger partial charge is 0.136 e. The van der Waals surface area contributed by atoms with Gasteiger partial charge in [-0.2, -0.15) is 0 Å². The Morgan fingerprint density at radius 1 is 0.593 bits per heavy atom. The van der Waals surface area contributed by atoms with E-state index in [0.717, 1.165) is 116 Å². The monoisotopic (exact) mass is 874 g/mol. The van der Waals surface area contributed by atoms with E-state index in [1.54, 1.807) is 6.08 Å². The van der Waals surface area contributed by atoms with Crippen LogP contribution >= 0.6 is 15.9 Å². The fraction of sp³-hybridized carbons (Fsp3) is 0.635. The van der Waals surface area contributed by atoms with E-state index in [9.17, 15) is 14.7 Å². The molecule has 0 aliphatic heterocycles. The number of aryl methyl sites for hydroxylation is 8. The van der Waals surface area contributed by atoms with Gasteiger partial charge in [-0.3, -0.25) is 24.5 Å². The number of nitrogens with zero attached hydrogens (tertiary/aromatic N) is 3. The molecule has 1 unspecified atom stereocenters. The van der Waals surface area contributed by atoms with Crippen LogP contribution < -0.4 is 0 Å². The maximum Gasteiger partial charge on any atom is 0.136 e. The van der Waals surface area contributed by atoms with Gasteiger partial charge in [-0.25, -0.2) is 0 Å². The lowest BCUT2D eigenvalue weighted by Crippen LogP contribution is -2.13. The van der Waals surface area contributed by atoms with Crippen molar-refractivity contribution in [1.29, 1.82) is 0 Å². The highest BCUT2D eigenvalue weighted by Crippen LogP contribution is 2.29. The Labute approximate surface area is 368 Å². The summed E-state index contributed by atoms with van der Waals surface area (Å²) in [5.74, 6) is 2.19. The molecular formula is C52H80BrN3O3. The number of hydrogen-bond donors (Lipinski definition) is 1. The molecule has 7 heteroatoms. The molecule has 6 nitrogen and oxygen atoms in total. The predicted octanol–water partition coefficient (Wildman–Crippen LogP) is 13.1. The van der Waals surface area contributed by atoms with E-state index in [-0.39, 0.29) is 13.5 Å². The predicted molar refractivity (Wildman–Crippen MR) is 252 cm³/mol. The van der Waals surface area contributed by atoms with Crippen molar-refractivity contribution in [3.8, 4) is 0 Å².